The molecule has 0 radical (unpaired) electrons. The Morgan fingerprint density at radius 3 is 2.52 bits per heavy atom. The lowest BCUT2D eigenvalue weighted by molar-refractivity contribution is -0.127. The van der Waals surface area contributed by atoms with E-state index in [1.165, 1.54) is 5.56 Å². The Balaban J connectivity index is 1.77. The molecule has 0 aliphatic rings. The van der Waals surface area contributed by atoms with Gasteiger partial charge >= 0.3 is 0 Å². The zero-order valence-electron chi connectivity index (χ0n) is 16.9. The van der Waals surface area contributed by atoms with Gasteiger partial charge in [-0.05, 0) is 74.9 Å². The molecule has 4 nitrogen and oxygen atoms in total. The van der Waals surface area contributed by atoms with Crippen LogP contribution in [0, 0.1) is 13.8 Å². The predicted molar refractivity (Wildman–Crippen MR) is 110 cm³/mol. The molecule has 0 spiro atoms. The van der Waals surface area contributed by atoms with E-state index < -0.39 is 6.10 Å². The lowest BCUT2D eigenvalue weighted by Crippen LogP contribution is -2.37. The summed E-state index contributed by atoms with van der Waals surface area (Å²) in [5, 5.41) is 2.96. The van der Waals surface area contributed by atoms with Crippen LogP contribution in [0.5, 0.6) is 11.5 Å². The molecule has 0 aliphatic heterocycles. The third kappa shape index (κ3) is 6.97. The molecule has 2 rings (SSSR count). The fourth-order valence-electron chi connectivity index (χ4n) is 2.96. The van der Waals surface area contributed by atoms with Gasteiger partial charge in [0.25, 0.3) is 5.91 Å². The van der Waals surface area contributed by atoms with Gasteiger partial charge < -0.3 is 14.8 Å². The number of para-hydroxylation sites is 1. The quantitative estimate of drug-likeness (QED) is 0.622. The van der Waals surface area contributed by atoms with Gasteiger partial charge in [0.15, 0.2) is 6.10 Å². The van der Waals surface area contributed by atoms with Crippen molar-refractivity contribution in [2.75, 3.05) is 13.2 Å². The third-order valence-electron chi connectivity index (χ3n) is 4.23. The van der Waals surface area contributed by atoms with Crippen molar-refractivity contribution in [2.45, 2.75) is 53.1 Å². The van der Waals surface area contributed by atoms with Crippen molar-refractivity contribution in [2.24, 2.45) is 0 Å². The molecular formula is C23H31NO3. The van der Waals surface area contributed by atoms with Gasteiger partial charge in [0.1, 0.15) is 11.5 Å². The van der Waals surface area contributed by atoms with Gasteiger partial charge in [-0.25, -0.2) is 0 Å². The van der Waals surface area contributed by atoms with Crippen LogP contribution in [0.2, 0.25) is 0 Å². The van der Waals surface area contributed by atoms with Crippen LogP contribution < -0.4 is 14.8 Å². The van der Waals surface area contributed by atoms with Crippen LogP contribution in [0.1, 0.15) is 43.4 Å². The highest BCUT2D eigenvalue weighted by molar-refractivity contribution is 5.80. The van der Waals surface area contributed by atoms with Crippen LogP contribution in [0.3, 0.4) is 0 Å². The summed E-state index contributed by atoms with van der Waals surface area (Å²) >= 11 is 0. The minimum absolute atomic E-state index is 0.0929. The van der Waals surface area contributed by atoms with Gasteiger partial charge in [0, 0.05) is 6.54 Å². The molecule has 4 heteroatoms. The number of hydrogen-bond donors (Lipinski definition) is 1. The van der Waals surface area contributed by atoms with E-state index in [1.807, 2.05) is 44.2 Å². The van der Waals surface area contributed by atoms with Gasteiger partial charge in [-0.1, -0.05) is 31.2 Å². The van der Waals surface area contributed by atoms with E-state index in [0.717, 1.165) is 48.5 Å². The second kappa shape index (κ2) is 10.6. The predicted octanol–water partition coefficient (Wildman–Crippen LogP) is 4.61. The maximum atomic E-state index is 12.3. The van der Waals surface area contributed by atoms with Gasteiger partial charge in [0.05, 0.1) is 6.61 Å². The van der Waals surface area contributed by atoms with E-state index in [2.05, 4.69) is 24.4 Å². The van der Waals surface area contributed by atoms with Crippen molar-refractivity contribution in [3.63, 3.8) is 0 Å². The van der Waals surface area contributed by atoms with Crippen LogP contribution >= 0.6 is 0 Å². The molecular weight excluding hydrogens is 338 g/mol. The number of rotatable bonds is 10. The van der Waals surface area contributed by atoms with Crippen molar-refractivity contribution < 1.29 is 14.3 Å². The first-order valence-corrected chi connectivity index (χ1v) is 9.73. The van der Waals surface area contributed by atoms with Gasteiger partial charge in [-0.15, -0.1) is 0 Å². The molecule has 0 aliphatic carbocycles. The Labute approximate surface area is 162 Å². The highest BCUT2D eigenvalue weighted by Crippen LogP contribution is 2.20. The Hall–Kier alpha value is -2.49. The largest absolute Gasteiger partial charge is 0.493 e. The Bertz CT molecular complexity index is 722. The Morgan fingerprint density at radius 1 is 1.11 bits per heavy atom. The maximum Gasteiger partial charge on any atom is 0.260 e. The first kappa shape index (κ1) is 20.8. The number of carbonyl (C=O) groups excluding carboxylic acids is 1. The minimum Gasteiger partial charge on any atom is -0.493 e. The van der Waals surface area contributed by atoms with Gasteiger partial charge in [-0.3, -0.25) is 4.79 Å². The number of aryl methyl sites for hydroxylation is 3. The highest BCUT2D eigenvalue weighted by Gasteiger charge is 2.14. The average Bonchev–Trinajstić information content (AvgIpc) is 2.63. The number of carbonyl (C=O) groups is 1. The van der Waals surface area contributed by atoms with Crippen molar-refractivity contribution in [3.8, 4) is 11.5 Å². The van der Waals surface area contributed by atoms with E-state index in [1.54, 1.807) is 6.92 Å². The molecule has 146 valence electrons. The number of nitrogens with one attached hydrogen (secondary N) is 1. The fraction of sp³-hybridized carbons (Fsp3) is 0.435. The average molecular weight is 370 g/mol. The van der Waals surface area contributed by atoms with Crippen LogP contribution in [0.15, 0.2) is 42.5 Å². The zero-order chi connectivity index (χ0) is 19.6. The van der Waals surface area contributed by atoms with Gasteiger partial charge in [-0.2, -0.15) is 0 Å². The highest BCUT2D eigenvalue weighted by atomic mass is 16.5. The smallest absolute Gasteiger partial charge is 0.260 e. The summed E-state index contributed by atoms with van der Waals surface area (Å²) in [6.07, 6.45) is 2.19. The summed E-state index contributed by atoms with van der Waals surface area (Å²) in [6, 6.07) is 14.1. The maximum absolute atomic E-state index is 12.3. The second-order valence-electron chi connectivity index (χ2n) is 6.93. The number of benzene rings is 2. The lowest BCUT2D eigenvalue weighted by Gasteiger charge is -2.16. The molecule has 0 heterocycles. The molecule has 0 unspecified atom stereocenters. The number of amides is 1. The molecule has 27 heavy (non-hydrogen) atoms. The standard InChI is InChI=1S/C23H31NO3/c1-5-13-26-22-11-7-6-9-20(22)10-8-12-24-23(25)19(4)27-21-15-17(2)14-18(3)16-21/h6-7,9,11,14-16,19H,5,8,10,12-13H2,1-4H3,(H,24,25)/t19-/m1/s1. The Kier molecular flexibility index (Phi) is 8.18. The van der Waals surface area contributed by atoms with E-state index >= 15 is 0 Å². The first-order chi connectivity index (χ1) is 13.0. The van der Waals surface area contributed by atoms with Crippen molar-refractivity contribution in [1.82, 2.24) is 5.32 Å². The molecule has 0 saturated carbocycles. The summed E-state index contributed by atoms with van der Waals surface area (Å²) in [4.78, 5) is 12.3. The zero-order valence-corrected chi connectivity index (χ0v) is 16.9. The number of hydrogen-bond acceptors (Lipinski definition) is 3. The SMILES string of the molecule is CCCOc1ccccc1CCCNC(=O)[C@@H](C)Oc1cc(C)cc(C)c1. The molecule has 0 saturated heterocycles. The minimum atomic E-state index is -0.522. The normalized spacial score (nSPS) is 11.7. The van der Waals surface area contributed by atoms with Crippen molar-refractivity contribution in [1.29, 1.82) is 0 Å². The molecule has 1 N–H and O–H groups in total. The van der Waals surface area contributed by atoms with Gasteiger partial charge in [0.2, 0.25) is 0 Å². The summed E-state index contributed by atoms with van der Waals surface area (Å²) in [5.41, 5.74) is 3.43. The Morgan fingerprint density at radius 2 is 1.81 bits per heavy atom. The topological polar surface area (TPSA) is 47.6 Å². The molecule has 0 aromatic heterocycles. The summed E-state index contributed by atoms with van der Waals surface area (Å²) in [7, 11) is 0. The van der Waals surface area contributed by atoms with Crippen LogP contribution in [0.4, 0.5) is 0 Å². The molecule has 1 amide bonds. The fourth-order valence-corrected chi connectivity index (χ4v) is 2.96. The number of ether oxygens (including phenoxy) is 2. The molecule has 0 bridgehead atoms. The summed E-state index contributed by atoms with van der Waals surface area (Å²) in [6.45, 7) is 9.25. The van der Waals surface area contributed by atoms with Crippen LogP contribution in [-0.4, -0.2) is 25.2 Å². The van der Waals surface area contributed by atoms with E-state index in [0.29, 0.717) is 6.54 Å². The molecule has 0 fully saturated rings. The van der Waals surface area contributed by atoms with Crippen LogP contribution in [0.25, 0.3) is 0 Å². The summed E-state index contributed by atoms with van der Waals surface area (Å²) in [5.74, 6) is 1.58. The lowest BCUT2D eigenvalue weighted by atomic mass is 10.1. The van der Waals surface area contributed by atoms with E-state index in [9.17, 15) is 4.79 Å². The van der Waals surface area contributed by atoms with Crippen LogP contribution in [-0.2, 0) is 11.2 Å². The molecule has 2 aromatic carbocycles. The van der Waals surface area contributed by atoms with E-state index in [-0.39, 0.29) is 5.91 Å². The second-order valence-corrected chi connectivity index (χ2v) is 6.93. The third-order valence-corrected chi connectivity index (χ3v) is 4.23. The summed E-state index contributed by atoms with van der Waals surface area (Å²) < 4.78 is 11.6. The molecule has 1 atom stereocenters. The van der Waals surface area contributed by atoms with E-state index in [4.69, 9.17) is 9.47 Å². The monoisotopic (exact) mass is 369 g/mol. The first-order valence-electron chi connectivity index (χ1n) is 9.73. The van der Waals surface area contributed by atoms with Crippen molar-refractivity contribution >= 4 is 5.91 Å². The molecule has 2 aromatic rings. The van der Waals surface area contributed by atoms with Crippen molar-refractivity contribution in [3.05, 3.63) is 59.2 Å².